The van der Waals surface area contributed by atoms with Gasteiger partial charge in [0.2, 0.25) is 5.89 Å². The largest absolute Gasteiger partial charge is 0.497 e. The molecule has 2 aromatic rings. The van der Waals surface area contributed by atoms with E-state index in [2.05, 4.69) is 20.8 Å². The maximum atomic E-state index is 5.50. The summed E-state index contributed by atoms with van der Waals surface area (Å²) in [6, 6.07) is 8.57. The molecule has 1 aliphatic carbocycles. The van der Waals surface area contributed by atoms with Crippen LogP contribution in [0.5, 0.6) is 5.75 Å². The van der Waals surface area contributed by atoms with Crippen molar-refractivity contribution in [3.05, 3.63) is 30.2 Å². The number of hydrogen-bond acceptors (Lipinski definition) is 6. The van der Waals surface area contributed by atoms with E-state index in [1.807, 2.05) is 24.3 Å². The van der Waals surface area contributed by atoms with E-state index in [1.54, 1.807) is 7.11 Å². The summed E-state index contributed by atoms with van der Waals surface area (Å²) in [4.78, 5) is 0. The molecule has 6 nitrogen and oxygen atoms in total. The third-order valence-electron chi connectivity index (χ3n) is 2.91. The average Bonchev–Trinajstić information content (AvgIpc) is 3.17. The Morgan fingerprint density at radius 1 is 1.37 bits per heavy atom. The van der Waals surface area contributed by atoms with Crippen LogP contribution < -0.4 is 15.4 Å². The maximum absolute atomic E-state index is 5.50. The molecule has 2 N–H and O–H groups in total. The molecule has 6 heteroatoms. The molecule has 1 fully saturated rings. The third kappa shape index (κ3) is 3.23. The average molecular weight is 260 g/mol. The van der Waals surface area contributed by atoms with Gasteiger partial charge in [0, 0.05) is 17.8 Å². The highest BCUT2D eigenvalue weighted by molar-refractivity contribution is 5.54. The molecule has 0 spiro atoms. The quantitative estimate of drug-likeness (QED) is 0.828. The SMILES string of the molecule is COc1cccc(Nc2nnc(CNC3CC3)o2)c1. The van der Waals surface area contributed by atoms with Crippen molar-refractivity contribution in [2.24, 2.45) is 0 Å². The van der Waals surface area contributed by atoms with Gasteiger partial charge in [0.1, 0.15) is 5.75 Å². The summed E-state index contributed by atoms with van der Waals surface area (Å²) < 4.78 is 10.7. The molecule has 0 atom stereocenters. The van der Waals surface area contributed by atoms with Gasteiger partial charge in [-0.3, -0.25) is 0 Å². The summed E-state index contributed by atoms with van der Waals surface area (Å²) in [6.45, 7) is 0.622. The van der Waals surface area contributed by atoms with Crippen LogP contribution in [0, 0.1) is 0 Å². The van der Waals surface area contributed by atoms with Crippen LogP contribution in [-0.2, 0) is 6.54 Å². The van der Waals surface area contributed by atoms with Gasteiger partial charge in [0.05, 0.1) is 13.7 Å². The van der Waals surface area contributed by atoms with Crippen LogP contribution in [0.2, 0.25) is 0 Å². The predicted octanol–water partition coefficient (Wildman–Crippen LogP) is 2.07. The summed E-state index contributed by atoms with van der Waals surface area (Å²) in [5, 5.41) is 14.3. The standard InChI is InChI=1S/C13H16N4O2/c1-18-11-4-2-3-10(7-11)15-13-17-16-12(19-13)8-14-9-5-6-9/h2-4,7,9,14H,5-6,8H2,1H3,(H,15,17). The van der Waals surface area contributed by atoms with Crippen LogP contribution >= 0.6 is 0 Å². The molecule has 100 valence electrons. The molecule has 1 aliphatic rings. The van der Waals surface area contributed by atoms with Gasteiger partial charge in [0.15, 0.2) is 0 Å². The van der Waals surface area contributed by atoms with Crippen LogP contribution in [-0.4, -0.2) is 23.3 Å². The maximum Gasteiger partial charge on any atom is 0.320 e. The number of aromatic nitrogens is 2. The van der Waals surface area contributed by atoms with Crippen molar-refractivity contribution in [3.8, 4) is 5.75 Å². The van der Waals surface area contributed by atoms with Gasteiger partial charge in [-0.2, -0.15) is 0 Å². The van der Waals surface area contributed by atoms with E-state index >= 15 is 0 Å². The van der Waals surface area contributed by atoms with E-state index in [0.717, 1.165) is 11.4 Å². The second-order valence-electron chi connectivity index (χ2n) is 4.51. The summed E-state index contributed by atoms with van der Waals surface area (Å²) in [7, 11) is 1.63. The van der Waals surface area contributed by atoms with Crippen LogP contribution in [0.1, 0.15) is 18.7 Å². The van der Waals surface area contributed by atoms with Crippen LogP contribution in [0.3, 0.4) is 0 Å². The van der Waals surface area contributed by atoms with E-state index in [9.17, 15) is 0 Å². The highest BCUT2D eigenvalue weighted by Gasteiger charge is 2.21. The van der Waals surface area contributed by atoms with Gasteiger partial charge in [-0.15, -0.1) is 5.10 Å². The van der Waals surface area contributed by atoms with Gasteiger partial charge in [-0.05, 0) is 25.0 Å². The lowest BCUT2D eigenvalue weighted by atomic mass is 10.3. The normalized spacial score (nSPS) is 14.4. The molecule has 0 radical (unpaired) electrons. The number of hydrogen-bond donors (Lipinski definition) is 2. The number of nitrogens with zero attached hydrogens (tertiary/aromatic N) is 2. The molecule has 1 heterocycles. The first-order chi connectivity index (χ1) is 9.33. The molecular weight excluding hydrogens is 244 g/mol. The Kier molecular flexibility index (Phi) is 3.33. The van der Waals surface area contributed by atoms with Crippen LogP contribution in [0.4, 0.5) is 11.7 Å². The minimum absolute atomic E-state index is 0.390. The molecule has 1 aromatic heterocycles. The molecular formula is C13H16N4O2. The number of methoxy groups -OCH3 is 1. The van der Waals surface area contributed by atoms with E-state index in [0.29, 0.717) is 24.5 Å². The predicted molar refractivity (Wildman–Crippen MR) is 70.4 cm³/mol. The van der Waals surface area contributed by atoms with Crippen LogP contribution in [0.15, 0.2) is 28.7 Å². The number of rotatable bonds is 6. The number of benzene rings is 1. The highest BCUT2D eigenvalue weighted by atomic mass is 16.5. The zero-order valence-corrected chi connectivity index (χ0v) is 10.7. The molecule has 0 aliphatic heterocycles. The summed E-state index contributed by atoms with van der Waals surface area (Å²) >= 11 is 0. The fraction of sp³-hybridized carbons (Fsp3) is 0.385. The lowest BCUT2D eigenvalue weighted by Gasteiger charge is -2.03. The number of ether oxygens (including phenoxy) is 1. The fourth-order valence-electron chi connectivity index (χ4n) is 1.72. The molecule has 0 unspecified atom stereocenters. The zero-order chi connectivity index (χ0) is 13.1. The first-order valence-corrected chi connectivity index (χ1v) is 6.30. The van der Waals surface area contributed by atoms with Crippen LogP contribution in [0.25, 0.3) is 0 Å². The first kappa shape index (κ1) is 12.0. The molecule has 3 rings (SSSR count). The van der Waals surface area contributed by atoms with Gasteiger partial charge >= 0.3 is 6.01 Å². The summed E-state index contributed by atoms with van der Waals surface area (Å²) in [5.41, 5.74) is 0.852. The summed E-state index contributed by atoms with van der Waals surface area (Å²) in [5.74, 6) is 1.37. The van der Waals surface area contributed by atoms with Crippen molar-refractivity contribution >= 4 is 11.7 Å². The Morgan fingerprint density at radius 2 is 2.26 bits per heavy atom. The Balaban J connectivity index is 1.61. The van der Waals surface area contributed by atoms with Crippen molar-refractivity contribution in [1.29, 1.82) is 0 Å². The zero-order valence-electron chi connectivity index (χ0n) is 10.7. The Labute approximate surface area is 111 Å². The molecule has 0 bridgehead atoms. The Bertz CT molecular complexity index is 551. The molecule has 0 amide bonds. The number of nitrogens with one attached hydrogen (secondary N) is 2. The van der Waals surface area contributed by atoms with Crippen molar-refractivity contribution in [2.45, 2.75) is 25.4 Å². The van der Waals surface area contributed by atoms with Gasteiger partial charge in [-0.1, -0.05) is 11.2 Å². The molecule has 1 aromatic carbocycles. The lowest BCUT2D eigenvalue weighted by molar-refractivity contribution is 0.415. The Hall–Kier alpha value is -2.08. The summed E-state index contributed by atoms with van der Waals surface area (Å²) in [6.07, 6.45) is 2.48. The molecule has 19 heavy (non-hydrogen) atoms. The molecule has 1 saturated carbocycles. The van der Waals surface area contributed by atoms with Crippen molar-refractivity contribution < 1.29 is 9.15 Å². The number of anilines is 2. The fourth-order valence-corrected chi connectivity index (χ4v) is 1.72. The van der Waals surface area contributed by atoms with Gasteiger partial charge < -0.3 is 19.8 Å². The first-order valence-electron chi connectivity index (χ1n) is 6.30. The second kappa shape index (κ2) is 5.27. The van der Waals surface area contributed by atoms with E-state index in [-0.39, 0.29) is 0 Å². The third-order valence-corrected chi connectivity index (χ3v) is 2.91. The van der Waals surface area contributed by atoms with E-state index in [4.69, 9.17) is 9.15 Å². The second-order valence-corrected chi connectivity index (χ2v) is 4.51. The smallest absolute Gasteiger partial charge is 0.320 e. The topological polar surface area (TPSA) is 72.2 Å². The lowest BCUT2D eigenvalue weighted by Crippen LogP contribution is -2.15. The Morgan fingerprint density at radius 3 is 3.05 bits per heavy atom. The minimum atomic E-state index is 0.390. The monoisotopic (exact) mass is 260 g/mol. The van der Waals surface area contributed by atoms with E-state index < -0.39 is 0 Å². The van der Waals surface area contributed by atoms with Crippen molar-refractivity contribution in [1.82, 2.24) is 15.5 Å². The van der Waals surface area contributed by atoms with Crippen molar-refractivity contribution in [3.63, 3.8) is 0 Å². The highest BCUT2D eigenvalue weighted by Crippen LogP contribution is 2.21. The van der Waals surface area contributed by atoms with E-state index in [1.165, 1.54) is 12.8 Å². The minimum Gasteiger partial charge on any atom is -0.497 e. The molecule has 0 saturated heterocycles. The van der Waals surface area contributed by atoms with Gasteiger partial charge in [0.25, 0.3) is 0 Å². The van der Waals surface area contributed by atoms with Gasteiger partial charge in [-0.25, -0.2) is 0 Å². The van der Waals surface area contributed by atoms with Crippen molar-refractivity contribution in [2.75, 3.05) is 12.4 Å².